The van der Waals surface area contributed by atoms with Gasteiger partial charge in [0.1, 0.15) is 0 Å². The quantitative estimate of drug-likeness (QED) is 0.802. The van der Waals surface area contributed by atoms with Crippen LogP contribution in [0.4, 0.5) is 0 Å². The van der Waals surface area contributed by atoms with Gasteiger partial charge in [0, 0.05) is 0 Å². The molecule has 1 aromatic heterocycles. The van der Waals surface area contributed by atoms with Crippen molar-refractivity contribution in [3.63, 3.8) is 0 Å². The van der Waals surface area contributed by atoms with Crippen LogP contribution in [0.3, 0.4) is 0 Å². The van der Waals surface area contributed by atoms with Crippen molar-refractivity contribution < 1.29 is 9.90 Å². The first-order chi connectivity index (χ1) is 11.1. The number of aromatic nitrogens is 2. The highest BCUT2D eigenvalue weighted by Gasteiger charge is 2.28. The molecule has 1 aromatic carbocycles. The van der Waals surface area contributed by atoms with Crippen molar-refractivity contribution in [2.45, 2.75) is 71.6 Å². The van der Waals surface area contributed by atoms with E-state index >= 15 is 0 Å². The molecule has 0 unspecified atom stereocenters. The van der Waals surface area contributed by atoms with Gasteiger partial charge >= 0.3 is 5.97 Å². The molecule has 0 radical (unpaired) electrons. The second-order valence-corrected chi connectivity index (χ2v) is 7.79. The Bertz CT molecular complexity index is 764. The largest absolute Gasteiger partial charge is 0.476 e. The average molecular weight is 328 g/mol. The van der Waals surface area contributed by atoms with Crippen LogP contribution in [-0.4, -0.2) is 21.0 Å². The number of carboxylic acids is 1. The second kappa shape index (κ2) is 6.50. The van der Waals surface area contributed by atoms with Crippen LogP contribution < -0.4 is 0 Å². The van der Waals surface area contributed by atoms with E-state index < -0.39 is 5.97 Å². The van der Waals surface area contributed by atoms with E-state index in [9.17, 15) is 9.90 Å². The van der Waals surface area contributed by atoms with Gasteiger partial charge in [-0.3, -0.25) is 4.98 Å². The summed E-state index contributed by atoms with van der Waals surface area (Å²) in [6.07, 6.45) is 4.42. The van der Waals surface area contributed by atoms with Gasteiger partial charge in [0.2, 0.25) is 0 Å². The number of nitrogens with zero attached hydrogens (tertiary/aromatic N) is 2. The van der Waals surface area contributed by atoms with E-state index in [1.807, 2.05) is 0 Å². The third-order valence-corrected chi connectivity index (χ3v) is 5.14. The van der Waals surface area contributed by atoms with E-state index in [1.165, 1.54) is 6.20 Å². The lowest BCUT2D eigenvalue weighted by Gasteiger charge is -2.29. The van der Waals surface area contributed by atoms with Crippen LogP contribution >= 0.6 is 0 Å². The minimum atomic E-state index is -1.04. The SMILES string of the molecule is CCCC(C)(C)c1ccc(C(C)(C)CC)c2ncc(C(=O)O)nc12. The Labute approximate surface area is 144 Å². The zero-order chi connectivity index (χ0) is 18.1. The summed E-state index contributed by atoms with van der Waals surface area (Å²) in [6, 6.07) is 4.26. The summed E-state index contributed by atoms with van der Waals surface area (Å²) in [4.78, 5) is 20.3. The molecule has 24 heavy (non-hydrogen) atoms. The fourth-order valence-electron chi connectivity index (χ4n) is 3.24. The van der Waals surface area contributed by atoms with E-state index in [0.717, 1.165) is 41.4 Å². The molecule has 0 amide bonds. The van der Waals surface area contributed by atoms with E-state index in [2.05, 4.69) is 63.6 Å². The maximum Gasteiger partial charge on any atom is 0.356 e. The Balaban J connectivity index is 2.83. The Hall–Kier alpha value is -1.97. The molecule has 4 nitrogen and oxygen atoms in total. The smallest absolute Gasteiger partial charge is 0.356 e. The lowest BCUT2D eigenvalue weighted by Crippen LogP contribution is -2.21. The van der Waals surface area contributed by atoms with Crippen molar-refractivity contribution in [3.8, 4) is 0 Å². The van der Waals surface area contributed by atoms with Crippen LogP contribution in [0.25, 0.3) is 11.0 Å². The molecule has 0 saturated heterocycles. The van der Waals surface area contributed by atoms with Gasteiger partial charge in [-0.25, -0.2) is 9.78 Å². The van der Waals surface area contributed by atoms with E-state index in [1.54, 1.807) is 0 Å². The first kappa shape index (κ1) is 18.4. The molecular formula is C20H28N2O2. The maximum absolute atomic E-state index is 11.4. The molecule has 0 fully saturated rings. The van der Waals surface area contributed by atoms with Gasteiger partial charge in [0.15, 0.2) is 5.69 Å². The number of aromatic carboxylic acids is 1. The summed E-state index contributed by atoms with van der Waals surface area (Å²) in [5.74, 6) is -1.04. The molecule has 0 aliphatic rings. The van der Waals surface area contributed by atoms with Gasteiger partial charge in [-0.05, 0) is 34.8 Å². The average Bonchev–Trinajstić information content (AvgIpc) is 2.52. The molecule has 0 bridgehead atoms. The third kappa shape index (κ3) is 3.28. The molecule has 0 aliphatic heterocycles. The fraction of sp³-hybridized carbons (Fsp3) is 0.550. The topological polar surface area (TPSA) is 63.1 Å². The van der Waals surface area contributed by atoms with E-state index in [4.69, 9.17) is 0 Å². The number of hydrogen-bond acceptors (Lipinski definition) is 3. The molecule has 0 spiro atoms. The standard InChI is InChI=1S/C20H28N2O2/c1-7-11-20(5,6)14-10-9-13(19(3,4)8-2)16-17(14)22-15(12-21-16)18(23)24/h9-10,12H,7-8,11H2,1-6H3,(H,23,24). The number of rotatable bonds is 6. The minimum Gasteiger partial charge on any atom is -0.476 e. The predicted octanol–water partition coefficient (Wildman–Crippen LogP) is 5.09. The summed E-state index contributed by atoms with van der Waals surface area (Å²) in [6.45, 7) is 13.1. The van der Waals surface area contributed by atoms with Crippen LogP contribution in [0.1, 0.15) is 82.4 Å². The lowest BCUT2D eigenvalue weighted by molar-refractivity contribution is 0.0690. The Morgan fingerprint density at radius 1 is 1.04 bits per heavy atom. The highest BCUT2D eigenvalue weighted by Crippen LogP contribution is 2.38. The van der Waals surface area contributed by atoms with Gasteiger partial charge in [0.25, 0.3) is 0 Å². The predicted molar refractivity (Wildman–Crippen MR) is 97.7 cm³/mol. The van der Waals surface area contributed by atoms with Gasteiger partial charge in [-0.2, -0.15) is 0 Å². The Kier molecular flexibility index (Phi) is 4.97. The van der Waals surface area contributed by atoms with Gasteiger partial charge in [-0.1, -0.05) is 60.1 Å². The van der Waals surface area contributed by atoms with Gasteiger partial charge in [0.05, 0.1) is 17.2 Å². The molecule has 0 saturated carbocycles. The molecule has 2 rings (SSSR count). The van der Waals surface area contributed by atoms with E-state index in [-0.39, 0.29) is 16.5 Å². The highest BCUT2D eigenvalue weighted by molar-refractivity contribution is 5.90. The van der Waals surface area contributed by atoms with Crippen molar-refractivity contribution in [2.75, 3.05) is 0 Å². The van der Waals surface area contributed by atoms with Crippen LogP contribution in [0, 0.1) is 0 Å². The summed E-state index contributed by atoms with van der Waals surface area (Å²) >= 11 is 0. The first-order valence-electron chi connectivity index (χ1n) is 8.68. The number of carbonyl (C=O) groups is 1. The summed E-state index contributed by atoms with van der Waals surface area (Å²) in [5.41, 5.74) is 3.65. The van der Waals surface area contributed by atoms with Crippen molar-refractivity contribution in [1.82, 2.24) is 9.97 Å². The van der Waals surface area contributed by atoms with Gasteiger partial charge in [-0.15, -0.1) is 0 Å². The molecule has 1 N–H and O–H groups in total. The maximum atomic E-state index is 11.4. The molecule has 130 valence electrons. The summed E-state index contributed by atoms with van der Waals surface area (Å²) in [5, 5.41) is 9.31. The van der Waals surface area contributed by atoms with Crippen LogP contribution in [-0.2, 0) is 10.8 Å². The third-order valence-electron chi connectivity index (χ3n) is 5.14. The molecular weight excluding hydrogens is 300 g/mol. The first-order valence-corrected chi connectivity index (χ1v) is 8.68. The van der Waals surface area contributed by atoms with Crippen molar-refractivity contribution in [2.24, 2.45) is 0 Å². The summed E-state index contributed by atoms with van der Waals surface area (Å²) < 4.78 is 0. The Morgan fingerprint density at radius 2 is 1.62 bits per heavy atom. The van der Waals surface area contributed by atoms with Gasteiger partial charge < -0.3 is 5.11 Å². The van der Waals surface area contributed by atoms with Crippen molar-refractivity contribution in [3.05, 3.63) is 35.2 Å². The van der Waals surface area contributed by atoms with Crippen LogP contribution in [0.5, 0.6) is 0 Å². The molecule has 2 aromatic rings. The normalized spacial score (nSPS) is 12.6. The van der Waals surface area contributed by atoms with Crippen LogP contribution in [0.2, 0.25) is 0 Å². The minimum absolute atomic E-state index is 0.00232. The molecule has 0 atom stereocenters. The lowest BCUT2D eigenvalue weighted by atomic mass is 9.76. The number of fused-ring (bicyclic) bond motifs is 1. The van der Waals surface area contributed by atoms with Crippen molar-refractivity contribution in [1.29, 1.82) is 0 Å². The molecule has 1 heterocycles. The van der Waals surface area contributed by atoms with Crippen LogP contribution in [0.15, 0.2) is 18.3 Å². The summed E-state index contributed by atoms with van der Waals surface area (Å²) in [7, 11) is 0. The Morgan fingerprint density at radius 3 is 2.12 bits per heavy atom. The zero-order valence-corrected chi connectivity index (χ0v) is 15.6. The highest BCUT2D eigenvalue weighted by atomic mass is 16.4. The number of hydrogen-bond donors (Lipinski definition) is 1. The molecule has 4 heteroatoms. The number of carboxylic acid groups (broad SMARTS) is 1. The zero-order valence-electron chi connectivity index (χ0n) is 15.6. The van der Waals surface area contributed by atoms with E-state index in [0.29, 0.717) is 0 Å². The fourth-order valence-corrected chi connectivity index (χ4v) is 3.24. The number of benzene rings is 1. The second-order valence-electron chi connectivity index (χ2n) is 7.79. The molecule has 0 aliphatic carbocycles. The van der Waals surface area contributed by atoms with Crippen molar-refractivity contribution >= 4 is 17.0 Å². The monoisotopic (exact) mass is 328 g/mol.